The van der Waals surface area contributed by atoms with Crippen LogP contribution >= 0.6 is 23.2 Å². The molecule has 6 heteroatoms. The quantitative estimate of drug-likeness (QED) is 0.815. The predicted molar refractivity (Wildman–Crippen MR) is 75.2 cm³/mol. The summed E-state index contributed by atoms with van der Waals surface area (Å²) in [5.41, 5.74) is 0.772. The summed E-state index contributed by atoms with van der Waals surface area (Å²) >= 11 is 11.4. The molecule has 0 radical (unpaired) electrons. The lowest BCUT2D eigenvalue weighted by Gasteiger charge is -2.07. The number of aryl methyl sites for hydroxylation is 2. The number of hydrogen-bond donors (Lipinski definition) is 0. The summed E-state index contributed by atoms with van der Waals surface area (Å²) in [6.07, 6.45) is 2.10. The van der Waals surface area contributed by atoms with Gasteiger partial charge in [-0.1, -0.05) is 35.3 Å². The van der Waals surface area contributed by atoms with Crippen LogP contribution in [0.5, 0.6) is 5.75 Å². The molecular formula is C13H12Cl2N2O2. The number of hydrogen-bond acceptors (Lipinski definition) is 3. The summed E-state index contributed by atoms with van der Waals surface area (Å²) in [5, 5.41) is -0.00809. The maximum absolute atomic E-state index is 11.8. The van der Waals surface area contributed by atoms with Crippen molar-refractivity contribution in [1.82, 2.24) is 9.55 Å². The van der Waals surface area contributed by atoms with Crippen molar-refractivity contribution in [2.24, 2.45) is 0 Å². The van der Waals surface area contributed by atoms with E-state index in [2.05, 4.69) is 4.98 Å². The molecule has 0 aliphatic carbocycles. The van der Waals surface area contributed by atoms with Crippen molar-refractivity contribution in [2.75, 3.05) is 7.11 Å². The van der Waals surface area contributed by atoms with Crippen LogP contribution < -0.4 is 10.3 Å². The fourth-order valence-electron chi connectivity index (χ4n) is 1.64. The highest BCUT2D eigenvalue weighted by Crippen LogP contribution is 2.14. The fraction of sp³-hybridized carbons (Fsp3) is 0.231. The largest absolute Gasteiger partial charge is 0.497 e. The van der Waals surface area contributed by atoms with Crippen molar-refractivity contribution in [2.45, 2.75) is 13.0 Å². The van der Waals surface area contributed by atoms with Crippen molar-refractivity contribution in [3.05, 3.63) is 56.7 Å². The summed E-state index contributed by atoms with van der Waals surface area (Å²) in [7, 11) is 1.62. The first-order valence-corrected chi connectivity index (χ1v) is 6.41. The third kappa shape index (κ3) is 3.28. The molecule has 1 aromatic carbocycles. The molecule has 0 fully saturated rings. The number of methoxy groups -OCH3 is 1. The van der Waals surface area contributed by atoms with Crippen molar-refractivity contribution < 1.29 is 4.74 Å². The molecule has 1 aromatic heterocycles. The zero-order chi connectivity index (χ0) is 13.8. The first-order chi connectivity index (χ1) is 9.11. The maximum atomic E-state index is 11.8. The van der Waals surface area contributed by atoms with Gasteiger partial charge in [-0.15, -0.1) is 0 Å². The lowest BCUT2D eigenvalue weighted by atomic mass is 10.1. The molecule has 1 heterocycles. The molecule has 0 N–H and O–H groups in total. The van der Waals surface area contributed by atoms with Gasteiger partial charge in [0.15, 0.2) is 5.15 Å². The van der Waals surface area contributed by atoms with Crippen LogP contribution in [0.3, 0.4) is 0 Å². The van der Waals surface area contributed by atoms with E-state index in [4.69, 9.17) is 27.9 Å². The second kappa shape index (κ2) is 6.08. The number of nitrogens with zero attached hydrogens (tertiary/aromatic N) is 2. The second-order valence-corrected chi connectivity index (χ2v) is 4.68. The van der Waals surface area contributed by atoms with Gasteiger partial charge in [0.25, 0.3) is 5.56 Å². The van der Waals surface area contributed by atoms with Crippen LogP contribution in [0.4, 0.5) is 0 Å². The third-order valence-electron chi connectivity index (χ3n) is 2.74. The number of ether oxygens (including phenoxy) is 1. The van der Waals surface area contributed by atoms with Gasteiger partial charge in [-0.3, -0.25) is 9.36 Å². The van der Waals surface area contributed by atoms with Gasteiger partial charge >= 0.3 is 0 Å². The Morgan fingerprint density at radius 3 is 2.58 bits per heavy atom. The standard InChI is InChI=1S/C13H12Cl2N2O2/c1-19-10-4-2-9(3-5-10)6-7-17-8-16-12(15)11(14)13(17)18/h2-5,8H,6-7H2,1H3. The molecule has 0 aliphatic heterocycles. The van der Waals surface area contributed by atoms with E-state index < -0.39 is 0 Å². The Balaban J connectivity index is 2.10. The topological polar surface area (TPSA) is 44.1 Å². The van der Waals surface area contributed by atoms with Gasteiger partial charge in [-0.05, 0) is 24.1 Å². The van der Waals surface area contributed by atoms with Gasteiger partial charge in [-0.2, -0.15) is 0 Å². The molecule has 0 unspecified atom stereocenters. The number of aromatic nitrogens is 2. The summed E-state index contributed by atoms with van der Waals surface area (Å²) in [6, 6.07) is 7.67. The van der Waals surface area contributed by atoms with E-state index in [1.165, 1.54) is 10.9 Å². The zero-order valence-corrected chi connectivity index (χ0v) is 11.8. The highest BCUT2D eigenvalue weighted by Gasteiger charge is 2.07. The smallest absolute Gasteiger partial charge is 0.273 e. The van der Waals surface area contributed by atoms with Gasteiger partial charge in [0, 0.05) is 6.54 Å². The van der Waals surface area contributed by atoms with E-state index in [0.29, 0.717) is 13.0 Å². The van der Waals surface area contributed by atoms with Gasteiger partial charge in [-0.25, -0.2) is 4.98 Å². The Kier molecular flexibility index (Phi) is 4.45. The third-order valence-corrected chi connectivity index (χ3v) is 3.46. The van der Waals surface area contributed by atoms with Crippen LogP contribution in [-0.2, 0) is 13.0 Å². The Morgan fingerprint density at radius 2 is 1.95 bits per heavy atom. The monoisotopic (exact) mass is 298 g/mol. The molecule has 0 saturated carbocycles. The molecule has 0 aliphatic rings. The van der Waals surface area contributed by atoms with Gasteiger partial charge < -0.3 is 4.74 Å². The first-order valence-electron chi connectivity index (χ1n) is 5.65. The molecule has 19 heavy (non-hydrogen) atoms. The summed E-state index contributed by atoms with van der Waals surface area (Å²) in [5.74, 6) is 0.803. The fourth-order valence-corrected chi connectivity index (χ4v) is 1.93. The average molecular weight is 299 g/mol. The summed E-state index contributed by atoms with van der Waals surface area (Å²) in [6.45, 7) is 0.495. The molecule has 0 saturated heterocycles. The number of benzene rings is 1. The maximum Gasteiger partial charge on any atom is 0.273 e. The molecule has 0 atom stereocenters. The van der Waals surface area contributed by atoms with E-state index in [1.54, 1.807) is 7.11 Å². The second-order valence-electron chi connectivity index (χ2n) is 3.95. The lowest BCUT2D eigenvalue weighted by molar-refractivity contribution is 0.414. The number of halogens is 2. The zero-order valence-electron chi connectivity index (χ0n) is 10.3. The van der Waals surface area contributed by atoms with Crippen molar-refractivity contribution in [3.63, 3.8) is 0 Å². The Morgan fingerprint density at radius 1 is 1.26 bits per heavy atom. The molecule has 2 aromatic rings. The van der Waals surface area contributed by atoms with E-state index >= 15 is 0 Å². The Labute approximate surface area is 120 Å². The summed E-state index contributed by atoms with van der Waals surface area (Å²) in [4.78, 5) is 15.7. The van der Waals surface area contributed by atoms with Crippen molar-refractivity contribution in [1.29, 1.82) is 0 Å². The minimum absolute atomic E-state index is 0.0346. The molecule has 100 valence electrons. The van der Waals surface area contributed by atoms with Gasteiger partial charge in [0.05, 0.1) is 13.4 Å². The highest BCUT2D eigenvalue weighted by atomic mass is 35.5. The molecule has 0 bridgehead atoms. The molecular weight excluding hydrogens is 287 g/mol. The lowest BCUT2D eigenvalue weighted by Crippen LogP contribution is -2.22. The van der Waals surface area contributed by atoms with E-state index in [0.717, 1.165) is 11.3 Å². The molecule has 0 spiro atoms. The van der Waals surface area contributed by atoms with Crippen LogP contribution in [0.2, 0.25) is 10.2 Å². The average Bonchev–Trinajstić information content (AvgIpc) is 2.45. The molecule has 2 rings (SSSR count). The minimum atomic E-state index is -0.324. The van der Waals surface area contributed by atoms with E-state index in [9.17, 15) is 4.79 Å². The highest BCUT2D eigenvalue weighted by molar-refractivity contribution is 6.40. The van der Waals surface area contributed by atoms with Crippen molar-refractivity contribution in [3.8, 4) is 5.75 Å². The predicted octanol–water partition coefficient (Wildman–Crippen LogP) is 2.80. The van der Waals surface area contributed by atoms with Crippen molar-refractivity contribution >= 4 is 23.2 Å². The Hall–Kier alpha value is -1.52. The summed E-state index contributed by atoms with van der Waals surface area (Å²) < 4.78 is 6.53. The molecule has 4 nitrogen and oxygen atoms in total. The first kappa shape index (κ1) is 13.9. The number of rotatable bonds is 4. The van der Waals surface area contributed by atoms with Crippen LogP contribution in [0.25, 0.3) is 0 Å². The minimum Gasteiger partial charge on any atom is -0.497 e. The van der Waals surface area contributed by atoms with E-state index in [1.807, 2.05) is 24.3 Å². The van der Waals surface area contributed by atoms with Crippen LogP contribution in [0.1, 0.15) is 5.56 Å². The van der Waals surface area contributed by atoms with Crippen LogP contribution in [0, 0.1) is 0 Å². The normalized spacial score (nSPS) is 10.5. The van der Waals surface area contributed by atoms with Crippen LogP contribution in [0.15, 0.2) is 35.4 Å². The van der Waals surface area contributed by atoms with E-state index in [-0.39, 0.29) is 15.7 Å². The Bertz CT molecular complexity index is 624. The van der Waals surface area contributed by atoms with Gasteiger partial charge in [0.2, 0.25) is 0 Å². The van der Waals surface area contributed by atoms with Gasteiger partial charge in [0.1, 0.15) is 10.8 Å². The SMILES string of the molecule is COc1ccc(CCn2cnc(Cl)c(Cl)c2=O)cc1. The van der Waals surface area contributed by atoms with Crippen LogP contribution in [-0.4, -0.2) is 16.7 Å². The molecule has 0 amide bonds.